The van der Waals surface area contributed by atoms with Gasteiger partial charge >= 0.3 is 5.97 Å². The molecule has 4 nitrogen and oxygen atoms in total. The van der Waals surface area contributed by atoms with E-state index < -0.39 is 5.97 Å². The zero-order valence-corrected chi connectivity index (χ0v) is 11.5. The number of aliphatic carboxylic acids is 1. The smallest absolute Gasteiger partial charge is 0.304 e. The van der Waals surface area contributed by atoms with E-state index in [0.717, 1.165) is 11.4 Å². The quantitative estimate of drug-likeness (QED) is 0.881. The third-order valence-electron chi connectivity index (χ3n) is 2.70. The Bertz CT molecular complexity index is 523. The summed E-state index contributed by atoms with van der Waals surface area (Å²) in [6.07, 6.45) is 3.85. The Morgan fingerprint density at radius 2 is 2.16 bits per heavy atom. The number of carbonyl (C=O) groups is 1. The molecule has 2 aromatic rings. The predicted octanol–water partition coefficient (Wildman–Crippen LogP) is 2.97. The summed E-state index contributed by atoms with van der Waals surface area (Å²) >= 11 is 1.66. The van der Waals surface area contributed by atoms with Gasteiger partial charge in [-0.3, -0.25) is 4.79 Å². The van der Waals surface area contributed by atoms with Gasteiger partial charge in [-0.2, -0.15) is 16.9 Å². The summed E-state index contributed by atoms with van der Waals surface area (Å²) in [6, 6.07) is 10.0. The second kappa shape index (κ2) is 6.43. The molecule has 1 aromatic heterocycles. The predicted molar refractivity (Wildman–Crippen MR) is 76.6 cm³/mol. The Balaban J connectivity index is 1.90. The lowest BCUT2D eigenvalue weighted by Crippen LogP contribution is -2.05. The van der Waals surface area contributed by atoms with Gasteiger partial charge in [-0.15, -0.1) is 0 Å². The van der Waals surface area contributed by atoms with E-state index in [1.54, 1.807) is 18.0 Å². The zero-order valence-electron chi connectivity index (χ0n) is 10.7. The number of aromatic nitrogens is 2. The molecule has 100 valence electrons. The molecule has 5 heteroatoms. The Labute approximate surface area is 116 Å². The molecule has 0 spiro atoms. The van der Waals surface area contributed by atoms with Crippen LogP contribution in [0.2, 0.25) is 0 Å². The van der Waals surface area contributed by atoms with Crippen molar-refractivity contribution in [1.29, 1.82) is 0 Å². The van der Waals surface area contributed by atoms with Crippen LogP contribution in [0, 0.1) is 0 Å². The number of carboxylic acid groups (broad SMARTS) is 1. The molecule has 0 aliphatic rings. The average Bonchev–Trinajstić information content (AvgIpc) is 2.90. The first-order chi connectivity index (χ1) is 9.15. The summed E-state index contributed by atoms with van der Waals surface area (Å²) in [5.41, 5.74) is 2.22. The highest BCUT2D eigenvalue weighted by atomic mass is 32.2. The van der Waals surface area contributed by atoms with Crippen LogP contribution >= 0.6 is 11.8 Å². The zero-order chi connectivity index (χ0) is 13.7. The average molecular weight is 276 g/mol. The Morgan fingerprint density at radius 1 is 1.42 bits per heavy atom. The monoisotopic (exact) mass is 276 g/mol. The van der Waals surface area contributed by atoms with Crippen LogP contribution in [0.5, 0.6) is 0 Å². The van der Waals surface area contributed by atoms with Gasteiger partial charge in [-0.25, -0.2) is 4.68 Å². The summed E-state index contributed by atoms with van der Waals surface area (Å²) < 4.78 is 1.81. The van der Waals surface area contributed by atoms with E-state index in [-0.39, 0.29) is 11.7 Å². The molecular formula is C14H16N2O2S. The number of hydrogen-bond acceptors (Lipinski definition) is 3. The van der Waals surface area contributed by atoms with Crippen molar-refractivity contribution >= 4 is 17.7 Å². The lowest BCUT2D eigenvalue weighted by molar-refractivity contribution is -0.136. The minimum atomic E-state index is -0.742. The van der Waals surface area contributed by atoms with Crippen LogP contribution in [0.3, 0.4) is 0 Å². The molecule has 0 saturated heterocycles. The van der Waals surface area contributed by atoms with Gasteiger partial charge < -0.3 is 5.11 Å². The van der Waals surface area contributed by atoms with E-state index in [1.165, 1.54) is 5.56 Å². The molecule has 2 rings (SSSR count). The molecule has 1 N–H and O–H groups in total. The summed E-state index contributed by atoms with van der Waals surface area (Å²) in [5, 5.41) is 13.0. The molecule has 0 amide bonds. The van der Waals surface area contributed by atoms with Crippen molar-refractivity contribution in [1.82, 2.24) is 9.78 Å². The van der Waals surface area contributed by atoms with E-state index in [0.29, 0.717) is 0 Å². The molecular weight excluding hydrogens is 260 g/mol. The second-order valence-electron chi connectivity index (χ2n) is 4.34. The van der Waals surface area contributed by atoms with Crippen molar-refractivity contribution < 1.29 is 9.90 Å². The number of nitrogens with zero attached hydrogens (tertiary/aromatic N) is 2. The minimum absolute atomic E-state index is 0.128. The van der Waals surface area contributed by atoms with Gasteiger partial charge in [0, 0.05) is 23.4 Å². The van der Waals surface area contributed by atoms with Crippen molar-refractivity contribution in [3.63, 3.8) is 0 Å². The van der Waals surface area contributed by atoms with E-state index in [2.05, 4.69) is 17.2 Å². The molecule has 19 heavy (non-hydrogen) atoms. The third kappa shape index (κ3) is 4.13. The number of thioether (sulfide) groups is 1. The van der Waals surface area contributed by atoms with Crippen molar-refractivity contribution in [3.05, 3.63) is 48.3 Å². The maximum absolute atomic E-state index is 10.6. The van der Waals surface area contributed by atoms with E-state index in [4.69, 9.17) is 5.11 Å². The van der Waals surface area contributed by atoms with Crippen LogP contribution in [-0.2, 0) is 10.5 Å². The molecule has 1 heterocycles. The van der Waals surface area contributed by atoms with Crippen LogP contribution in [0.25, 0.3) is 5.69 Å². The summed E-state index contributed by atoms with van der Waals surface area (Å²) in [4.78, 5) is 10.6. The van der Waals surface area contributed by atoms with Crippen molar-refractivity contribution in [2.75, 3.05) is 0 Å². The molecule has 0 aliphatic carbocycles. The number of benzene rings is 1. The number of hydrogen-bond donors (Lipinski definition) is 1. The van der Waals surface area contributed by atoms with E-state index in [9.17, 15) is 4.79 Å². The van der Waals surface area contributed by atoms with Gasteiger partial charge in [0.25, 0.3) is 0 Å². The lowest BCUT2D eigenvalue weighted by Gasteiger charge is -2.09. The molecule has 0 fully saturated rings. The highest BCUT2D eigenvalue weighted by molar-refractivity contribution is 7.99. The normalized spacial score (nSPS) is 12.3. The Morgan fingerprint density at radius 3 is 2.74 bits per heavy atom. The fourth-order valence-corrected chi connectivity index (χ4v) is 2.64. The minimum Gasteiger partial charge on any atom is -0.481 e. The van der Waals surface area contributed by atoms with Crippen molar-refractivity contribution in [2.24, 2.45) is 0 Å². The van der Waals surface area contributed by atoms with Gasteiger partial charge in [0.1, 0.15) is 0 Å². The SMILES string of the molecule is CC(CC(=O)O)SCc1ccc(-n2cccn2)cc1. The summed E-state index contributed by atoms with van der Waals surface area (Å²) in [7, 11) is 0. The number of rotatable bonds is 6. The standard InChI is InChI=1S/C14H16N2O2S/c1-11(9-14(17)18)19-10-12-3-5-13(6-4-12)16-8-2-7-15-16/h2-8,11H,9-10H2,1H3,(H,17,18). The first-order valence-corrected chi connectivity index (χ1v) is 7.12. The molecule has 1 aromatic carbocycles. The largest absolute Gasteiger partial charge is 0.481 e. The van der Waals surface area contributed by atoms with Crippen LogP contribution in [0.4, 0.5) is 0 Å². The fraction of sp³-hybridized carbons (Fsp3) is 0.286. The third-order valence-corrected chi connectivity index (χ3v) is 3.94. The highest BCUT2D eigenvalue weighted by Crippen LogP contribution is 2.20. The molecule has 0 aliphatic heterocycles. The van der Waals surface area contributed by atoms with Gasteiger partial charge in [-0.05, 0) is 23.8 Å². The highest BCUT2D eigenvalue weighted by Gasteiger charge is 2.08. The maximum Gasteiger partial charge on any atom is 0.304 e. The summed E-state index contributed by atoms with van der Waals surface area (Å²) in [5.74, 6) is 0.0856. The van der Waals surface area contributed by atoms with Crippen LogP contribution in [0.1, 0.15) is 18.9 Å². The topological polar surface area (TPSA) is 55.1 Å². The number of carboxylic acids is 1. The van der Waals surface area contributed by atoms with Crippen molar-refractivity contribution in [3.8, 4) is 5.69 Å². The Hall–Kier alpha value is -1.75. The van der Waals surface area contributed by atoms with Gasteiger partial charge in [0.2, 0.25) is 0 Å². The van der Waals surface area contributed by atoms with Gasteiger partial charge in [0.15, 0.2) is 0 Å². The molecule has 0 saturated carbocycles. The maximum atomic E-state index is 10.6. The van der Waals surface area contributed by atoms with Crippen LogP contribution in [0.15, 0.2) is 42.7 Å². The first kappa shape index (κ1) is 13.7. The molecule has 1 unspecified atom stereocenters. The van der Waals surface area contributed by atoms with E-state index >= 15 is 0 Å². The molecule has 1 atom stereocenters. The fourth-order valence-electron chi connectivity index (χ4n) is 1.71. The lowest BCUT2D eigenvalue weighted by atomic mass is 10.2. The Kier molecular flexibility index (Phi) is 4.63. The second-order valence-corrected chi connectivity index (χ2v) is 5.76. The van der Waals surface area contributed by atoms with Crippen LogP contribution in [-0.4, -0.2) is 26.1 Å². The summed E-state index contributed by atoms with van der Waals surface area (Å²) in [6.45, 7) is 1.94. The van der Waals surface area contributed by atoms with Crippen LogP contribution < -0.4 is 0 Å². The molecule has 0 radical (unpaired) electrons. The first-order valence-electron chi connectivity index (χ1n) is 6.07. The van der Waals surface area contributed by atoms with E-state index in [1.807, 2.05) is 36.0 Å². The van der Waals surface area contributed by atoms with Gasteiger partial charge in [-0.1, -0.05) is 19.1 Å². The van der Waals surface area contributed by atoms with Gasteiger partial charge in [0.05, 0.1) is 12.1 Å². The van der Waals surface area contributed by atoms with Crippen molar-refractivity contribution in [2.45, 2.75) is 24.3 Å². The molecule has 0 bridgehead atoms.